The van der Waals surface area contributed by atoms with E-state index >= 15 is 0 Å². The van der Waals surface area contributed by atoms with Gasteiger partial charge < -0.3 is 4.48 Å². The Hall–Kier alpha value is -0.370. The van der Waals surface area contributed by atoms with Crippen molar-refractivity contribution in [2.24, 2.45) is 0 Å². The third kappa shape index (κ3) is 5.31. The molecule has 90 valence electrons. The standard InChI is InChI=1S/C13H28NO/c1-5-13(15)11-9-10-12-14(6-2,7-3)8-4/h5-12H2,1-4H3/q+1. The highest BCUT2D eigenvalue weighted by molar-refractivity contribution is 5.77. The highest BCUT2D eigenvalue weighted by Crippen LogP contribution is 2.10. The van der Waals surface area contributed by atoms with Gasteiger partial charge in [0.2, 0.25) is 0 Å². The van der Waals surface area contributed by atoms with E-state index in [4.69, 9.17) is 0 Å². The molecule has 0 rings (SSSR count). The smallest absolute Gasteiger partial charge is 0.132 e. The Bertz CT molecular complexity index is 165. The first-order valence-electron chi connectivity index (χ1n) is 6.50. The van der Waals surface area contributed by atoms with Gasteiger partial charge in [-0.15, -0.1) is 0 Å². The second-order valence-electron chi connectivity index (χ2n) is 4.36. The van der Waals surface area contributed by atoms with Gasteiger partial charge in [0.05, 0.1) is 26.2 Å². The van der Waals surface area contributed by atoms with Crippen LogP contribution < -0.4 is 0 Å². The van der Waals surface area contributed by atoms with Crippen molar-refractivity contribution in [1.82, 2.24) is 0 Å². The summed E-state index contributed by atoms with van der Waals surface area (Å²) >= 11 is 0. The van der Waals surface area contributed by atoms with Crippen LogP contribution in [-0.2, 0) is 4.79 Å². The summed E-state index contributed by atoms with van der Waals surface area (Å²) in [4.78, 5) is 11.1. The lowest BCUT2D eigenvalue weighted by atomic mass is 10.1. The van der Waals surface area contributed by atoms with Crippen LogP contribution in [0.4, 0.5) is 0 Å². The molecule has 15 heavy (non-hydrogen) atoms. The van der Waals surface area contributed by atoms with Crippen molar-refractivity contribution in [3.05, 3.63) is 0 Å². The number of Topliss-reactive ketones (excluding diaryl/α,β-unsaturated/α-hetero) is 1. The van der Waals surface area contributed by atoms with Crippen molar-refractivity contribution in [3.8, 4) is 0 Å². The van der Waals surface area contributed by atoms with Gasteiger partial charge in [0.15, 0.2) is 0 Å². The second kappa shape index (κ2) is 7.86. The minimum Gasteiger partial charge on any atom is -0.324 e. The van der Waals surface area contributed by atoms with Crippen LogP contribution in [0.2, 0.25) is 0 Å². The summed E-state index contributed by atoms with van der Waals surface area (Å²) in [5, 5.41) is 0. The summed E-state index contributed by atoms with van der Waals surface area (Å²) in [6.07, 6.45) is 3.76. The molecular weight excluding hydrogens is 186 g/mol. The SMILES string of the molecule is CCC(=O)CCCC[N+](CC)(CC)CC. The molecule has 0 fully saturated rings. The fourth-order valence-corrected chi connectivity index (χ4v) is 2.09. The average molecular weight is 214 g/mol. The van der Waals surface area contributed by atoms with Crippen molar-refractivity contribution in [1.29, 1.82) is 0 Å². The van der Waals surface area contributed by atoms with E-state index in [-0.39, 0.29) is 0 Å². The van der Waals surface area contributed by atoms with E-state index in [0.29, 0.717) is 12.2 Å². The molecule has 0 amide bonds. The Morgan fingerprint density at radius 3 is 1.87 bits per heavy atom. The predicted molar refractivity (Wildman–Crippen MR) is 65.9 cm³/mol. The minimum atomic E-state index is 0.414. The summed E-state index contributed by atoms with van der Waals surface area (Å²) in [5.41, 5.74) is 0. The van der Waals surface area contributed by atoms with Gasteiger partial charge >= 0.3 is 0 Å². The zero-order chi connectivity index (χ0) is 11.7. The molecule has 0 aromatic carbocycles. The minimum absolute atomic E-state index is 0.414. The third-order valence-corrected chi connectivity index (χ3v) is 3.74. The van der Waals surface area contributed by atoms with Crippen LogP contribution in [0, 0.1) is 0 Å². The Labute approximate surface area is 95.2 Å². The Balaban J connectivity index is 3.76. The molecule has 0 aromatic rings. The molecule has 0 aliphatic rings. The van der Waals surface area contributed by atoms with Gasteiger partial charge in [-0.25, -0.2) is 0 Å². The quantitative estimate of drug-likeness (QED) is 0.426. The van der Waals surface area contributed by atoms with E-state index in [2.05, 4.69) is 20.8 Å². The molecule has 0 radical (unpaired) electrons. The number of nitrogens with zero attached hydrogens (tertiary/aromatic N) is 1. The van der Waals surface area contributed by atoms with Crippen LogP contribution in [0.5, 0.6) is 0 Å². The number of carbonyl (C=O) groups is 1. The van der Waals surface area contributed by atoms with Crippen molar-refractivity contribution in [2.75, 3.05) is 26.2 Å². The van der Waals surface area contributed by atoms with Crippen LogP contribution in [0.25, 0.3) is 0 Å². The number of rotatable bonds is 9. The summed E-state index contributed by atoms with van der Waals surface area (Å²) in [6, 6.07) is 0. The first kappa shape index (κ1) is 14.6. The van der Waals surface area contributed by atoms with E-state index in [1.165, 1.54) is 37.1 Å². The fraction of sp³-hybridized carbons (Fsp3) is 0.923. The maximum atomic E-state index is 11.1. The number of quaternary nitrogens is 1. The monoisotopic (exact) mass is 214 g/mol. The summed E-state index contributed by atoms with van der Waals surface area (Å²) in [7, 11) is 0. The number of ketones is 1. The van der Waals surface area contributed by atoms with Crippen molar-refractivity contribution in [3.63, 3.8) is 0 Å². The number of hydrogen-bond acceptors (Lipinski definition) is 1. The first-order valence-corrected chi connectivity index (χ1v) is 6.50. The Kier molecular flexibility index (Phi) is 7.67. The fourth-order valence-electron chi connectivity index (χ4n) is 2.09. The molecule has 0 aliphatic heterocycles. The van der Waals surface area contributed by atoms with Gasteiger partial charge in [0, 0.05) is 12.8 Å². The molecule has 0 atom stereocenters. The van der Waals surface area contributed by atoms with Crippen LogP contribution in [-0.4, -0.2) is 36.4 Å². The number of unbranched alkanes of at least 4 members (excludes halogenated alkanes) is 1. The van der Waals surface area contributed by atoms with E-state index in [1.54, 1.807) is 0 Å². The maximum absolute atomic E-state index is 11.1. The molecule has 2 nitrogen and oxygen atoms in total. The molecule has 0 saturated heterocycles. The normalized spacial score (nSPS) is 11.7. The Morgan fingerprint density at radius 1 is 0.933 bits per heavy atom. The van der Waals surface area contributed by atoms with E-state index in [1.807, 2.05) is 6.92 Å². The zero-order valence-corrected chi connectivity index (χ0v) is 11.0. The van der Waals surface area contributed by atoms with Crippen molar-refractivity contribution in [2.45, 2.75) is 53.4 Å². The van der Waals surface area contributed by atoms with Crippen LogP contribution >= 0.6 is 0 Å². The molecule has 0 saturated carbocycles. The first-order chi connectivity index (χ1) is 7.14. The summed E-state index contributed by atoms with van der Waals surface area (Å²) in [5.74, 6) is 0.414. The lowest BCUT2D eigenvalue weighted by Gasteiger charge is -2.35. The topological polar surface area (TPSA) is 17.1 Å². The molecule has 0 aliphatic carbocycles. The second-order valence-corrected chi connectivity index (χ2v) is 4.36. The van der Waals surface area contributed by atoms with Crippen LogP contribution in [0.1, 0.15) is 53.4 Å². The maximum Gasteiger partial charge on any atom is 0.132 e. The van der Waals surface area contributed by atoms with E-state index < -0.39 is 0 Å². The number of hydrogen-bond donors (Lipinski definition) is 0. The van der Waals surface area contributed by atoms with Gasteiger partial charge in [0.1, 0.15) is 5.78 Å². The lowest BCUT2D eigenvalue weighted by Crippen LogP contribution is -2.48. The van der Waals surface area contributed by atoms with Crippen molar-refractivity contribution >= 4 is 5.78 Å². The summed E-state index contributed by atoms with van der Waals surface area (Å²) in [6.45, 7) is 13.6. The Morgan fingerprint density at radius 2 is 1.47 bits per heavy atom. The highest BCUT2D eigenvalue weighted by atomic mass is 16.1. The van der Waals surface area contributed by atoms with Gasteiger partial charge in [-0.1, -0.05) is 6.92 Å². The molecule has 0 unspecified atom stereocenters. The average Bonchev–Trinajstić information content (AvgIpc) is 2.30. The molecule has 0 heterocycles. The molecule has 0 spiro atoms. The van der Waals surface area contributed by atoms with Crippen LogP contribution in [0.15, 0.2) is 0 Å². The predicted octanol–water partition coefficient (Wildman–Crippen LogP) is 3.01. The highest BCUT2D eigenvalue weighted by Gasteiger charge is 2.19. The van der Waals surface area contributed by atoms with E-state index in [0.717, 1.165) is 12.8 Å². The van der Waals surface area contributed by atoms with Gasteiger partial charge in [-0.3, -0.25) is 4.79 Å². The summed E-state index contributed by atoms with van der Waals surface area (Å²) < 4.78 is 1.21. The van der Waals surface area contributed by atoms with E-state index in [9.17, 15) is 4.79 Å². The number of carbonyl (C=O) groups excluding carboxylic acids is 1. The van der Waals surface area contributed by atoms with Crippen LogP contribution in [0.3, 0.4) is 0 Å². The van der Waals surface area contributed by atoms with Crippen molar-refractivity contribution < 1.29 is 9.28 Å². The molecule has 2 heteroatoms. The largest absolute Gasteiger partial charge is 0.324 e. The lowest BCUT2D eigenvalue weighted by molar-refractivity contribution is -0.923. The third-order valence-electron chi connectivity index (χ3n) is 3.74. The molecule has 0 aromatic heterocycles. The molecule has 0 bridgehead atoms. The molecule has 0 N–H and O–H groups in total. The zero-order valence-electron chi connectivity index (χ0n) is 11.0. The van der Waals surface area contributed by atoms with Gasteiger partial charge in [0.25, 0.3) is 0 Å². The van der Waals surface area contributed by atoms with Gasteiger partial charge in [-0.05, 0) is 33.6 Å². The van der Waals surface area contributed by atoms with Gasteiger partial charge in [-0.2, -0.15) is 0 Å². The molecular formula is C13H28NO+.